The van der Waals surface area contributed by atoms with Gasteiger partial charge in [0.15, 0.2) is 0 Å². The Hall–Kier alpha value is -0.0800. The zero-order valence-electron chi connectivity index (χ0n) is 9.93. The van der Waals surface area contributed by atoms with Crippen LogP contribution in [0.1, 0.15) is 40.5 Å². The summed E-state index contributed by atoms with van der Waals surface area (Å²) in [4.78, 5) is 1.57. The molecule has 13 heavy (non-hydrogen) atoms. The molecule has 3 atom stereocenters. The van der Waals surface area contributed by atoms with Gasteiger partial charge in [-0.05, 0) is 25.7 Å². The summed E-state index contributed by atoms with van der Waals surface area (Å²) in [5, 5.41) is 0. The number of hydrogen-bond acceptors (Lipinski definition) is 1. The van der Waals surface area contributed by atoms with Crippen molar-refractivity contribution in [1.82, 2.24) is 0 Å². The lowest BCUT2D eigenvalue weighted by atomic mass is 9.98. The lowest BCUT2D eigenvalue weighted by Crippen LogP contribution is -3.14. The van der Waals surface area contributed by atoms with E-state index in [4.69, 9.17) is 5.73 Å². The van der Waals surface area contributed by atoms with Crippen molar-refractivity contribution in [2.75, 3.05) is 13.6 Å². The largest absolute Gasteiger partial charge is 0.334 e. The number of nitrogens with one attached hydrogen (secondary N) is 1. The van der Waals surface area contributed by atoms with Crippen LogP contribution >= 0.6 is 0 Å². The molecule has 2 nitrogen and oxygen atoms in total. The summed E-state index contributed by atoms with van der Waals surface area (Å²) < 4.78 is 0. The number of quaternary nitrogens is 1. The third kappa shape index (κ3) is 5.27. The Balaban J connectivity index is 3.85. The third-order valence-corrected chi connectivity index (χ3v) is 2.81. The van der Waals surface area contributed by atoms with Crippen LogP contribution in [-0.4, -0.2) is 25.7 Å². The minimum absolute atomic E-state index is 0.353. The van der Waals surface area contributed by atoms with E-state index in [0.717, 1.165) is 6.42 Å². The quantitative estimate of drug-likeness (QED) is 0.629. The molecule has 0 saturated heterocycles. The first-order chi connectivity index (χ1) is 5.99. The Labute approximate surface area is 83.5 Å². The van der Waals surface area contributed by atoms with E-state index in [0.29, 0.717) is 18.0 Å². The highest BCUT2D eigenvalue weighted by molar-refractivity contribution is 4.69. The van der Waals surface area contributed by atoms with Crippen molar-refractivity contribution >= 4 is 0 Å². The Kier molecular flexibility index (Phi) is 6.35. The van der Waals surface area contributed by atoms with Gasteiger partial charge in [-0.15, -0.1) is 0 Å². The predicted octanol–water partition coefficient (Wildman–Crippen LogP) is 0.673. The van der Waals surface area contributed by atoms with Gasteiger partial charge in [0, 0.05) is 0 Å². The topological polar surface area (TPSA) is 30.5 Å². The Morgan fingerprint density at radius 2 is 1.77 bits per heavy atom. The second kappa shape index (κ2) is 6.39. The van der Waals surface area contributed by atoms with E-state index in [1.807, 2.05) is 0 Å². The van der Waals surface area contributed by atoms with E-state index in [-0.39, 0.29) is 0 Å². The van der Waals surface area contributed by atoms with Gasteiger partial charge in [-0.3, -0.25) is 0 Å². The molecule has 0 fully saturated rings. The highest BCUT2D eigenvalue weighted by Gasteiger charge is 2.20. The van der Waals surface area contributed by atoms with Crippen LogP contribution in [-0.2, 0) is 0 Å². The highest BCUT2D eigenvalue weighted by Crippen LogP contribution is 2.04. The first-order valence-corrected chi connectivity index (χ1v) is 5.56. The van der Waals surface area contributed by atoms with Gasteiger partial charge in [-0.1, -0.05) is 20.8 Å². The van der Waals surface area contributed by atoms with Crippen LogP contribution in [0.5, 0.6) is 0 Å². The molecule has 0 heterocycles. The molecule has 0 aromatic rings. The van der Waals surface area contributed by atoms with Crippen molar-refractivity contribution in [3.8, 4) is 0 Å². The van der Waals surface area contributed by atoms with E-state index in [1.54, 1.807) is 4.90 Å². The third-order valence-electron chi connectivity index (χ3n) is 2.81. The maximum absolute atomic E-state index is 6.13. The summed E-state index contributed by atoms with van der Waals surface area (Å²) in [6, 6.07) is 0.939. The van der Waals surface area contributed by atoms with Crippen molar-refractivity contribution < 1.29 is 4.90 Å². The fraction of sp³-hybridized carbons (Fsp3) is 1.00. The average molecular weight is 187 g/mol. The Bertz CT molecular complexity index is 123. The maximum atomic E-state index is 6.13. The van der Waals surface area contributed by atoms with E-state index in [1.165, 1.54) is 13.0 Å². The molecule has 0 aromatic carbocycles. The second-order valence-corrected chi connectivity index (χ2v) is 4.68. The minimum Gasteiger partial charge on any atom is -0.334 e. The van der Waals surface area contributed by atoms with Gasteiger partial charge >= 0.3 is 0 Å². The van der Waals surface area contributed by atoms with Crippen LogP contribution in [0.4, 0.5) is 0 Å². The molecule has 2 heteroatoms. The minimum atomic E-state index is 0.353. The normalized spacial score (nSPS) is 18.7. The molecule has 0 radical (unpaired) electrons. The summed E-state index contributed by atoms with van der Waals surface area (Å²) >= 11 is 0. The monoisotopic (exact) mass is 187 g/mol. The van der Waals surface area contributed by atoms with Crippen LogP contribution in [0.3, 0.4) is 0 Å². The summed E-state index contributed by atoms with van der Waals surface area (Å²) in [6.07, 6.45) is 2.38. The van der Waals surface area contributed by atoms with E-state index >= 15 is 0 Å². The molecule has 0 aliphatic carbocycles. The Morgan fingerprint density at radius 1 is 1.23 bits per heavy atom. The summed E-state index contributed by atoms with van der Waals surface area (Å²) in [6.45, 7) is 10.2. The van der Waals surface area contributed by atoms with Gasteiger partial charge in [0.2, 0.25) is 0 Å². The van der Waals surface area contributed by atoms with Crippen molar-refractivity contribution in [2.45, 2.75) is 52.6 Å². The molecule has 0 rings (SSSR count). The lowest BCUT2D eigenvalue weighted by Gasteiger charge is -2.27. The van der Waals surface area contributed by atoms with Gasteiger partial charge in [-0.25, -0.2) is 0 Å². The Morgan fingerprint density at radius 3 is 2.15 bits per heavy atom. The van der Waals surface area contributed by atoms with Crippen LogP contribution in [0, 0.1) is 5.92 Å². The summed E-state index contributed by atoms with van der Waals surface area (Å²) in [5.41, 5.74) is 6.13. The second-order valence-electron chi connectivity index (χ2n) is 4.68. The molecule has 0 spiro atoms. The van der Waals surface area contributed by atoms with Gasteiger partial charge in [0.1, 0.15) is 0 Å². The molecular formula is C11H27N2+. The number of rotatable bonds is 6. The lowest BCUT2D eigenvalue weighted by molar-refractivity contribution is -0.905. The zero-order valence-corrected chi connectivity index (χ0v) is 9.93. The highest BCUT2D eigenvalue weighted by atomic mass is 15.1. The van der Waals surface area contributed by atoms with E-state index < -0.39 is 0 Å². The van der Waals surface area contributed by atoms with E-state index in [9.17, 15) is 0 Å². The van der Waals surface area contributed by atoms with Crippen LogP contribution in [0.25, 0.3) is 0 Å². The first-order valence-electron chi connectivity index (χ1n) is 5.56. The molecule has 0 aliphatic rings. The van der Waals surface area contributed by atoms with Gasteiger partial charge in [0.05, 0.1) is 25.7 Å². The van der Waals surface area contributed by atoms with Gasteiger partial charge in [-0.2, -0.15) is 0 Å². The van der Waals surface area contributed by atoms with Gasteiger partial charge < -0.3 is 10.6 Å². The SMILES string of the molecule is CCC[NH+](C)C(C)C(N)CC(C)C. The van der Waals surface area contributed by atoms with Crippen LogP contribution in [0.2, 0.25) is 0 Å². The van der Waals surface area contributed by atoms with Crippen molar-refractivity contribution in [3.05, 3.63) is 0 Å². The number of likely N-dealkylation sites (N-methyl/N-ethyl adjacent to an activating group) is 1. The van der Waals surface area contributed by atoms with Crippen LogP contribution < -0.4 is 10.6 Å². The molecular weight excluding hydrogens is 160 g/mol. The first kappa shape index (κ1) is 12.9. The number of hydrogen-bond donors (Lipinski definition) is 2. The molecule has 0 saturated carbocycles. The van der Waals surface area contributed by atoms with Crippen molar-refractivity contribution in [1.29, 1.82) is 0 Å². The van der Waals surface area contributed by atoms with Crippen LogP contribution in [0.15, 0.2) is 0 Å². The molecule has 3 unspecified atom stereocenters. The molecule has 0 bridgehead atoms. The fourth-order valence-corrected chi connectivity index (χ4v) is 1.74. The predicted molar refractivity (Wildman–Crippen MR) is 58.9 cm³/mol. The average Bonchev–Trinajstić information content (AvgIpc) is 2.02. The smallest absolute Gasteiger partial charge is 0.0997 e. The number of nitrogens with two attached hydrogens (primary N) is 1. The zero-order chi connectivity index (χ0) is 10.4. The fourth-order valence-electron chi connectivity index (χ4n) is 1.74. The van der Waals surface area contributed by atoms with Gasteiger partial charge in [0.25, 0.3) is 0 Å². The summed E-state index contributed by atoms with van der Waals surface area (Å²) in [7, 11) is 2.24. The molecule has 3 N–H and O–H groups in total. The van der Waals surface area contributed by atoms with E-state index in [2.05, 4.69) is 34.7 Å². The molecule has 0 aliphatic heterocycles. The molecule has 0 amide bonds. The maximum Gasteiger partial charge on any atom is 0.0997 e. The van der Waals surface area contributed by atoms with Crippen molar-refractivity contribution in [3.63, 3.8) is 0 Å². The standard InChI is InChI=1S/C11H26N2/c1-6-7-13(5)10(4)11(12)8-9(2)3/h9-11H,6-8,12H2,1-5H3/p+1. The molecule has 0 aromatic heterocycles. The molecule has 80 valence electrons. The van der Waals surface area contributed by atoms with Crippen molar-refractivity contribution in [2.24, 2.45) is 11.7 Å². The summed E-state index contributed by atoms with van der Waals surface area (Å²) in [5.74, 6) is 0.715.